The van der Waals surface area contributed by atoms with E-state index >= 15 is 0 Å². The van der Waals surface area contributed by atoms with Crippen LogP contribution in [0.5, 0.6) is 5.75 Å². The van der Waals surface area contributed by atoms with Crippen LogP contribution in [0, 0.1) is 5.82 Å². The number of likely N-dealkylation sites (tertiary alicyclic amines) is 1. The lowest BCUT2D eigenvalue weighted by Gasteiger charge is -2.32. The number of piperidine rings is 1. The highest BCUT2D eigenvalue weighted by Crippen LogP contribution is 2.14. The summed E-state index contributed by atoms with van der Waals surface area (Å²) < 4.78 is 43.8. The van der Waals surface area contributed by atoms with E-state index in [-0.39, 0.29) is 24.5 Å². The minimum atomic E-state index is -2.28. The van der Waals surface area contributed by atoms with E-state index in [1.807, 2.05) is 13.8 Å². The Morgan fingerprint density at radius 3 is 2.70 bits per heavy atom. The van der Waals surface area contributed by atoms with Crippen molar-refractivity contribution in [3.63, 3.8) is 0 Å². The van der Waals surface area contributed by atoms with Gasteiger partial charge in [0, 0.05) is 31.7 Å². The van der Waals surface area contributed by atoms with Crippen LogP contribution in [-0.2, 0) is 0 Å². The third-order valence-corrected chi connectivity index (χ3v) is 4.31. The van der Waals surface area contributed by atoms with Gasteiger partial charge in [0.2, 0.25) is 0 Å². The number of aliphatic imine (C=N–C) groups is 1. The van der Waals surface area contributed by atoms with Gasteiger partial charge in [0.1, 0.15) is 17.7 Å². The molecule has 0 aliphatic carbocycles. The summed E-state index contributed by atoms with van der Waals surface area (Å²) in [7, 11) is 0. The molecule has 1 fully saturated rings. The molecule has 1 aliphatic heterocycles. The Balaban J connectivity index is 1.81. The van der Waals surface area contributed by atoms with Gasteiger partial charge in [0.15, 0.2) is 5.96 Å². The molecule has 1 aromatic carbocycles. The molecule has 2 N–H and O–H groups in total. The summed E-state index contributed by atoms with van der Waals surface area (Å²) >= 11 is 0. The third kappa shape index (κ3) is 8.07. The maximum atomic E-state index is 13.2. The molecule has 2 rings (SSSR count). The number of benzene rings is 1. The monoisotopic (exact) mass is 386 g/mol. The van der Waals surface area contributed by atoms with E-state index in [4.69, 9.17) is 4.74 Å². The summed E-state index contributed by atoms with van der Waals surface area (Å²) in [5, 5.41) is 6.56. The van der Waals surface area contributed by atoms with E-state index in [1.54, 1.807) is 17.0 Å². The molecule has 1 aromatic rings. The quantitative estimate of drug-likeness (QED) is 0.533. The van der Waals surface area contributed by atoms with Crippen LogP contribution in [0.4, 0.5) is 13.2 Å². The number of rotatable bonds is 8. The SMILES string of the molecule is CCNC(=NCC(C)Oc1cccc(F)c1)NC1CCN(CC(F)F)CC1. The second-order valence-electron chi connectivity index (χ2n) is 6.72. The zero-order valence-corrected chi connectivity index (χ0v) is 15.9. The van der Waals surface area contributed by atoms with E-state index in [0.717, 1.165) is 19.4 Å². The molecule has 8 heteroatoms. The van der Waals surface area contributed by atoms with Gasteiger partial charge in [0.05, 0.1) is 13.1 Å². The van der Waals surface area contributed by atoms with Gasteiger partial charge >= 0.3 is 0 Å². The normalized spacial score (nSPS) is 17.8. The summed E-state index contributed by atoms with van der Waals surface area (Å²) in [6.45, 7) is 6.14. The number of nitrogens with zero attached hydrogens (tertiary/aromatic N) is 2. The topological polar surface area (TPSA) is 48.9 Å². The standard InChI is InChI=1S/C19H29F3N4O/c1-3-23-19(25-16-7-9-26(10-8-16)13-18(21)22)24-12-14(2)27-17-6-4-5-15(20)11-17/h4-6,11,14,16,18H,3,7-10,12-13H2,1-2H3,(H2,23,24,25). The van der Waals surface area contributed by atoms with Gasteiger partial charge in [-0.25, -0.2) is 18.2 Å². The minimum absolute atomic E-state index is 0.157. The Morgan fingerprint density at radius 1 is 1.33 bits per heavy atom. The average molecular weight is 386 g/mol. The summed E-state index contributed by atoms with van der Waals surface area (Å²) in [6, 6.07) is 6.23. The molecule has 0 spiro atoms. The number of guanidine groups is 1. The van der Waals surface area contributed by atoms with Crippen LogP contribution in [0.25, 0.3) is 0 Å². The Hall–Kier alpha value is -1.96. The van der Waals surface area contributed by atoms with E-state index < -0.39 is 6.43 Å². The lowest BCUT2D eigenvalue weighted by Crippen LogP contribution is -2.49. The minimum Gasteiger partial charge on any atom is -0.489 e. The Kier molecular flexibility index (Phi) is 8.71. The summed E-state index contributed by atoms with van der Waals surface area (Å²) in [5.41, 5.74) is 0. The molecule has 0 saturated carbocycles. The van der Waals surface area contributed by atoms with Gasteiger partial charge in [-0.05, 0) is 38.8 Å². The molecule has 27 heavy (non-hydrogen) atoms. The molecule has 1 unspecified atom stereocenters. The fourth-order valence-electron chi connectivity index (χ4n) is 3.00. The molecular formula is C19H29F3N4O. The molecule has 0 amide bonds. The van der Waals surface area contributed by atoms with Crippen LogP contribution in [0.1, 0.15) is 26.7 Å². The predicted molar refractivity (Wildman–Crippen MR) is 101 cm³/mol. The number of halogens is 3. The average Bonchev–Trinajstić information content (AvgIpc) is 2.61. The first kappa shape index (κ1) is 21.3. The third-order valence-electron chi connectivity index (χ3n) is 4.31. The molecule has 152 valence electrons. The van der Waals surface area contributed by atoms with Crippen molar-refractivity contribution in [1.29, 1.82) is 0 Å². The van der Waals surface area contributed by atoms with E-state index in [1.165, 1.54) is 12.1 Å². The van der Waals surface area contributed by atoms with Crippen molar-refractivity contribution in [2.24, 2.45) is 4.99 Å². The number of ether oxygens (including phenoxy) is 1. The van der Waals surface area contributed by atoms with E-state index in [9.17, 15) is 13.2 Å². The van der Waals surface area contributed by atoms with Crippen LogP contribution in [-0.4, -0.2) is 62.2 Å². The lowest BCUT2D eigenvalue weighted by molar-refractivity contribution is 0.0744. The van der Waals surface area contributed by atoms with Gasteiger partial charge in [-0.3, -0.25) is 4.90 Å². The molecule has 0 aromatic heterocycles. The molecule has 0 bridgehead atoms. The first-order chi connectivity index (χ1) is 13.0. The number of alkyl halides is 2. The highest BCUT2D eigenvalue weighted by Gasteiger charge is 2.22. The number of hydrogen-bond acceptors (Lipinski definition) is 3. The molecule has 1 aliphatic rings. The maximum absolute atomic E-state index is 13.2. The van der Waals surface area contributed by atoms with Gasteiger partial charge in [0.25, 0.3) is 6.43 Å². The smallest absolute Gasteiger partial charge is 0.251 e. The predicted octanol–water partition coefficient (Wildman–Crippen LogP) is 2.88. The first-order valence-corrected chi connectivity index (χ1v) is 9.43. The second-order valence-corrected chi connectivity index (χ2v) is 6.72. The van der Waals surface area contributed by atoms with Crippen molar-refractivity contribution in [3.8, 4) is 5.75 Å². The van der Waals surface area contributed by atoms with Crippen molar-refractivity contribution in [2.45, 2.75) is 45.3 Å². The Morgan fingerprint density at radius 2 is 2.07 bits per heavy atom. The first-order valence-electron chi connectivity index (χ1n) is 9.43. The van der Waals surface area contributed by atoms with Gasteiger partial charge in [-0.1, -0.05) is 6.07 Å². The van der Waals surface area contributed by atoms with Crippen LogP contribution in [0.2, 0.25) is 0 Å². The fourth-order valence-corrected chi connectivity index (χ4v) is 3.00. The van der Waals surface area contributed by atoms with E-state index in [0.29, 0.717) is 31.3 Å². The molecule has 1 heterocycles. The Labute approximate surface area is 159 Å². The van der Waals surface area contributed by atoms with Crippen molar-refractivity contribution in [2.75, 3.05) is 32.7 Å². The molecular weight excluding hydrogens is 357 g/mol. The fraction of sp³-hybridized carbons (Fsp3) is 0.632. The second kappa shape index (κ2) is 11.0. The van der Waals surface area contributed by atoms with Crippen molar-refractivity contribution in [3.05, 3.63) is 30.1 Å². The Bertz CT molecular complexity index is 592. The zero-order valence-electron chi connectivity index (χ0n) is 15.9. The van der Waals surface area contributed by atoms with Crippen molar-refractivity contribution >= 4 is 5.96 Å². The lowest BCUT2D eigenvalue weighted by atomic mass is 10.1. The van der Waals surface area contributed by atoms with Crippen LogP contribution < -0.4 is 15.4 Å². The van der Waals surface area contributed by atoms with Crippen LogP contribution >= 0.6 is 0 Å². The van der Waals surface area contributed by atoms with Gasteiger partial charge < -0.3 is 15.4 Å². The van der Waals surface area contributed by atoms with E-state index in [2.05, 4.69) is 15.6 Å². The number of nitrogens with one attached hydrogen (secondary N) is 2. The molecule has 5 nitrogen and oxygen atoms in total. The zero-order chi connectivity index (χ0) is 19.6. The van der Waals surface area contributed by atoms with Crippen molar-refractivity contribution < 1.29 is 17.9 Å². The summed E-state index contributed by atoms with van der Waals surface area (Å²) in [6.07, 6.45) is -0.901. The van der Waals surface area contributed by atoms with Crippen LogP contribution in [0.15, 0.2) is 29.3 Å². The molecule has 1 saturated heterocycles. The molecule has 1 atom stereocenters. The highest BCUT2D eigenvalue weighted by molar-refractivity contribution is 5.80. The highest BCUT2D eigenvalue weighted by atomic mass is 19.3. The maximum Gasteiger partial charge on any atom is 0.251 e. The largest absolute Gasteiger partial charge is 0.489 e. The summed E-state index contributed by atoms with van der Waals surface area (Å²) in [5.74, 6) is 0.818. The van der Waals surface area contributed by atoms with Gasteiger partial charge in [-0.15, -0.1) is 0 Å². The molecule has 0 radical (unpaired) electrons. The van der Waals surface area contributed by atoms with Gasteiger partial charge in [-0.2, -0.15) is 0 Å². The van der Waals surface area contributed by atoms with Crippen molar-refractivity contribution in [1.82, 2.24) is 15.5 Å². The summed E-state index contributed by atoms with van der Waals surface area (Å²) in [4.78, 5) is 6.33. The number of hydrogen-bond donors (Lipinski definition) is 2. The van der Waals surface area contributed by atoms with Crippen LogP contribution in [0.3, 0.4) is 0 Å².